The molecule has 0 unspecified atom stereocenters. The fraction of sp³-hybridized carbons (Fsp3) is 0.400. The molecule has 2 N–H and O–H groups in total. The standard InChI is InChI=1S/C15H18N4O2S/c1-2-19-14(11-5-3-4-6-12(11)20)17-18-15(19)22-9-13(21)16-10-7-8-10/h3-6,10,20H,2,7-9H2,1H3,(H,16,21). The SMILES string of the molecule is CCn1c(SCC(=O)NC2CC2)nnc1-c1ccccc1O. The molecular formula is C15H18N4O2S. The topological polar surface area (TPSA) is 80.0 Å². The van der Waals surface area contributed by atoms with Crippen LogP contribution in [0.5, 0.6) is 5.75 Å². The van der Waals surface area contributed by atoms with Crippen LogP contribution in [0.2, 0.25) is 0 Å². The minimum atomic E-state index is 0.0299. The van der Waals surface area contributed by atoms with E-state index in [0.717, 1.165) is 12.8 Å². The third-order valence-corrected chi connectivity index (χ3v) is 4.42. The third kappa shape index (κ3) is 3.24. The fourth-order valence-electron chi connectivity index (χ4n) is 2.17. The van der Waals surface area contributed by atoms with Gasteiger partial charge in [0.1, 0.15) is 5.75 Å². The number of nitrogens with zero attached hydrogens (tertiary/aromatic N) is 3. The number of hydrogen-bond acceptors (Lipinski definition) is 5. The van der Waals surface area contributed by atoms with Gasteiger partial charge in [0.15, 0.2) is 11.0 Å². The maximum absolute atomic E-state index is 11.8. The molecule has 1 aliphatic rings. The minimum absolute atomic E-state index is 0.0299. The molecule has 1 aliphatic carbocycles. The number of benzene rings is 1. The summed E-state index contributed by atoms with van der Waals surface area (Å²) >= 11 is 1.37. The minimum Gasteiger partial charge on any atom is -0.507 e. The second-order valence-electron chi connectivity index (χ2n) is 5.20. The number of carbonyl (C=O) groups is 1. The molecule has 6 nitrogen and oxygen atoms in total. The Morgan fingerprint density at radius 3 is 2.86 bits per heavy atom. The molecule has 1 aromatic carbocycles. The van der Waals surface area contributed by atoms with Gasteiger partial charge in [0.2, 0.25) is 5.91 Å². The zero-order valence-electron chi connectivity index (χ0n) is 12.3. The van der Waals surface area contributed by atoms with Gasteiger partial charge in [-0.2, -0.15) is 0 Å². The number of amides is 1. The lowest BCUT2D eigenvalue weighted by molar-refractivity contribution is -0.118. The second-order valence-corrected chi connectivity index (χ2v) is 6.14. The van der Waals surface area contributed by atoms with Crippen LogP contribution in [0, 0.1) is 0 Å². The van der Waals surface area contributed by atoms with Crippen LogP contribution in [0.4, 0.5) is 0 Å². The number of thioether (sulfide) groups is 1. The fourth-order valence-corrected chi connectivity index (χ4v) is 2.98. The van der Waals surface area contributed by atoms with Crippen LogP contribution in [-0.2, 0) is 11.3 Å². The van der Waals surface area contributed by atoms with Crippen molar-refractivity contribution in [1.82, 2.24) is 20.1 Å². The Balaban J connectivity index is 1.75. The summed E-state index contributed by atoms with van der Waals surface area (Å²) in [4.78, 5) is 11.8. The Hall–Kier alpha value is -2.02. The van der Waals surface area contributed by atoms with Crippen molar-refractivity contribution in [3.8, 4) is 17.1 Å². The first-order valence-corrected chi connectivity index (χ1v) is 8.31. The summed E-state index contributed by atoms with van der Waals surface area (Å²) in [5.74, 6) is 1.15. The molecule has 1 saturated carbocycles. The Kier molecular flexibility index (Phi) is 4.33. The van der Waals surface area contributed by atoms with Crippen molar-refractivity contribution in [2.75, 3.05) is 5.75 Å². The Morgan fingerprint density at radius 2 is 2.18 bits per heavy atom. The lowest BCUT2D eigenvalue weighted by Crippen LogP contribution is -2.27. The number of carbonyl (C=O) groups excluding carboxylic acids is 1. The van der Waals surface area contributed by atoms with Crippen molar-refractivity contribution < 1.29 is 9.90 Å². The van der Waals surface area contributed by atoms with E-state index in [-0.39, 0.29) is 11.7 Å². The first kappa shape index (κ1) is 14.9. The van der Waals surface area contributed by atoms with Crippen molar-refractivity contribution >= 4 is 17.7 Å². The summed E-state index contributed by atoms with van der Waals surface area (Å²) in [7, 11) is 0. The molecule has 0 saturated heterocycles. The van der Waals surface area contributed by atoms with Crippen LogP contribution in [-0.4, -0.2) is 37.6 Å². The normalized spacial score (nSPS) is 14.0. The number of rotatable bonds is 6. The Labute approximate surface area is 132 Å². The highest BCUT2D eigenvalue weighted by Crippen LogP contribution is 2.30. The van der Waals surface area contributed by atoms with Gasteiger partial charge in [-0.1, -0.05) is 23.9 Å². The zero-order valence-corrected chi connectivity index (χ0v) is 13.1. The lowest BCUT2D eigenvalue weighted by atomic mass is 10.2. The lowest BCUT2D eigenvalue weighted by Gasteiger charge is -2.08. The third-order valence-electron chi connectivity index (χ3n) is 3.45. The quantitative estimate of drug-likeness (QED) is 0.797. The van der Waals surface area contributed by atoms with Gasteiger partial charge in [-0.15, -0.1) is 10.2 Å². The number of nitrogens with one attached hydrogen (secondary N) is 1. The smallest absolute Gasteiger partial charge is 0.230 e. The molecule has 1 amide bonds. The number of phenols is 1. The number of aromatic nitrogens is 3. The van der Waals surface area contributed by atoms with Gasteiger partial charge in [0, 0.05) is 12.6 Å². The molecule has 22 heavy (non-hydrogen) atoms. The van der Waals surface area contributed by atoms with E-state index in [2.05, 4.69) is 15.5 Å². The van der Waals surface area contributed by atoms with Crippen molar-refractivity contribution in [2.24, 2.45) is 0 Å². The highest BCUT2D eigenvalue weighted by molar-refractivity contribution is 7.99. The summed E-state index contributed by atoms with van der Waals surface area (Å²) < 4.78 is 1.91. The van der Waals surface area contributed by atoms with E-state index in [1.54, 1.807) is 18.2 Å². The summed E-state index contributed by atoms with van der Waals surface area (Å²) in [6.07, 6.45) is 2.16. The average Bonchev–Trinajstić information content (AvgIpc) is 3.23. The van der Waals surface area contributed by atoms with Gasteiger partial charge in [-0.25, -0.2) is 0 Å². The summed E-state index contributed by atoms with van der Waals surface area (Å²) in [5, 5.41) is 21.9. The molecule has 0 aliphatic heterocycles. The maximum atomic E-state index is 11.8. The molecule has 116 valence electrons. The molecule has 1 heterocycles. The molecule has 7 heteroatoms. The number of hydrogen-bond donors (Lipinski definition) is 2. The maximum Gasteiger partial charge on any atom is 0.230 e. The van der Waals surface area contributed by atoms with Crippen LogP contribution in [0.1, 0.15) is 19.8 Å². The molecule has 0 bridgehead atoms. The monoisotopic (exact) mass is 318 g/mol. The number of para-hydroxylation sites is 1. The summed E-state index contributed by atoms with van der Waals surface area (Å²) in [5.41, 5.74) is 0.645. The molecule has 0 spiro atoms. The predicted molar refractivity (Wildman–Crippen MR) is 84.7 cm³/mol. The van der Waals surface area contributed by atoms with Crippen LogP contribution >= 0.6 is 11.8 Å². The number of phenolic OH excluding ortho intramolecular Hbond substituents is 1. The molecule has 0 atom stereocenters. The van der Waals surface area contributed by atoms with Crippen LogP contribution in [0.25, 0.3) is 11.4 Å². The van der Waals surface area contributed by atoms with E-state index in [0.29, 0.717) is 34.9 Å². The number of aromatic hydroxyl groups is 1. The predicted octanol–water partition coefficient (Wildman–Crippen LogP) is 2.04. The van der Waals surface area contributed by atoms with Crippen LogP contribution in [0.15, 0.2) is 29.4 Å². The van der Waals surface area contributed by atoms with Crippen LogP contribution < -0.4 is 5.32 Å². The van der Waals surface area contributed by atoms with E-state index in [1.165, 1.54) is 11.8 Å². The van der Waals surface area contributed by atoms with Crippen LogP contribution in [0.3, 0.4) is 0 Å². The first-order chi connectivity index (χ1) is 10.7. The highest BCUT2D eigenvalue weighted by atomic mass is 32.2. The van der Waals surface area contributed by atoms with Gasteiger partial charge >= 0.3 is 0 Å². The van der Waals surface area contributed by atoms with E-state index in [9.17, 15) is 9.90 Å². The average molecular weight is 318 g/mol. The highest BCUT2D eigenvalue weighted by Gasteiger charge is 2.23. The molecule has 0 radical (unpaired) electrons. The molecule has 3 rings (SSSR count). The molecule has 1 fully saturated rings. The molecule has 1 aromatic heterocycles. The van der Waals surface area contributed by atoms with Gasteiger partial charge in [-0.3, -0.25) is 4.79 Å². The first-order valence-electron chi connectivity index (χ1n) is 7.32. The van der Waals surface area contributed by atoms with E-state index in [4.69, 9.17) is 0 Å². The van der Waals surface area contributed by atoms with Crippen molar-refractivity contribution in [1.29, 1.82) is 0 Å². The second kappa shape index (κ2) is 6.39. The summed E-state index contributed by atoms with van der Waals surface area (Å²) in [6.45, 7) is 2.66. The Bertz CT molecular complexity index is 682. The Morgan fingerprint density at radius 1 is 1.41 bits per heavy atom. The van der Waals surface area contributed by atoms with E-state index in [1.807, 2.05) is 17.6 Å². The van der Waals surface area contributed by atoms with Gasteiger partial charge in [0.05, 0.1) is 11.3 Å². The van der Waals surface area contributed by atoms with E-state index < -0.39 is 0 Å². The van der Waals surface area contributed by atoms with Crippen molar-refractivity contribution in [3.05, 3.63) is 24.3 Å². The van der Waals surface area contributed by atoms with Gasteiger partial charge in [-0.05, 0) is 31.9 Å². The largest absolute Gasteiger partial charge is 0.507 e. The summed E-state index contributed by atoms with van der Waals surface area (Å²) in [6, 6.07) is 7.41. The van der Waals surface area contributed by atoms with Crippen molar-refractivity contribution in [3.63, 3.8) is 0 Å². The van der Waals surface area contributed by atoms with Gasteiger partial charge in [0.25, 0.3) is 0 Å². The van der Waals surface area contributed by atoms with Crippen molar-refractivity contribution in [2.45, 2.75) is 37.5 Å². The van der Waals surface area contributed by atoms with Gasteiger partial charge < -0.3 is 15.0 Å². The zero-order chi connectivity index (χ0) is 15.5. The molecular weight excluding hydrogens is 300 g/mol. The molecule has 2 aromatic rings. The van der Waals surface area contributed by atoms with E-state index >= 15 is 0 Å².